The van der Waals surface area contributed by atoms with E-state index in [1.807, 2.05) is 38.1 Å². The lowest BCUT2D eigenvalue weighted by Gasteiger charge is -2.16. The van der Waals surface area contributed by atoms with Crippen LogP contribution in [0.1, 0.15) is 35.8 Å². The van der Waals surface area contributed by atoms with Crippen LogP contribution in [0.3, 0.4) is 0 Å². The van der Waals surface area contributed by atoms with Gasteiger partial charge in [-0.25, -0.2) is 14.6 Å². The van der Waals surface area contributed by atoms with Gasteiger partial charge in [0.05, 0.1) is 18.3 Å². The van der Waals surface area contributed by atoms with Crippen molar-refractivity contribution in [1.29, 1.82) is 0 Å². The minimum Gasteiger partial charge on any atom is -0.477 e. The van der Waals surface area contributed by atoms with Crippen LogP contribution in [0.25, 0.3) is 5.69 Å². The van der Waals surface area contributed by atoms with Crippen molar-refractivity contribution in [1.82, 2.24) is 25.1 Å². The Balaban J connectivity index is 1.71. The fraction of sp³-hybridized carbons (Fsp3) is 0.222. The summed E-state index contributed by atoms with van der Waals surface area (Å²) >= 11 is 0. The number of carbonyl (C=O) groups is 1. The third-order valence-electron chi connectivity index (χ3n) is 3.72. The third-order valence-corrected chi connectivity index (χ3v) is 3.72. The van der Waals surface area contributed by atoms with Gasteiger partial charge in [-0.05, 0) is 43.7 Å². The van der Waals surface area contributed by atoms with E-state index in [9.17, 15) is 4.79 Å². The fourth-order valence-corrected chi connectivity index (χ4v) is 2.43. The van der Waals surface area contributed by atoms with E-state index < -0.39 is 0 Å². The molecule has 1 aromatic carbocycles. The van der Waals surface area contributed by atoms with Crippen molar-refractivity contribution in [3.8, 4) is 11.6 Å². The van der Waals surface area contributed by atoms with Gasteiger partial charge >= 0.3 is 0 Å². The molecule has 3 rings (SSSR count). The second-order valence-electron chi connectivity index (χ2n) is 5.42. The summed E-state index contributed by atoms with van der Waals surface area (Å²) in [6, 6.07) is 11.0. The van der Waals surface area contributed by atoms with E-state index in [0.717, 1.165) is 11.3 Å². The van der Waals surface area contributed by atoms with Gasteiger partial charge in [0.15, 0.2) is 0 Å². The Morgan fingerprint density at radius 2 is 2.08 bits per heavy atom. The normalized spacial score (nSPS) is 11.8. The molecule has 7 nitrogen and oxygen atoms in total. The molecule has 0 aliphatic carbocycles. The largest absolute Gasteiger partial charge is 0.477 e. The zero-order valence-corrected chi connectivity index (χ0v) is 14.1. The van der Waals surface area contributed by atoms with Gasteiger partial charge in [-0.3, -0.25) is 4.79 Å². The average molecular weight is 337 g/mol. The molecule has 0 spiro atoms. The lowest BCUT2D eigenvalue weighted by atomic mass is 10.1. The van der Waals surface area contributed by atoms with Gasteiger partial charge in [0.2, 0.25) is 5.88 Å². The molecular formula is C18H19N5O2. The molecule has 0 saturated carbocycles. The van der Waals surface area contributed by atoms with E-state index in [1.54, 1.807) is 29.3 Å². The molecule has 0 fully saturated rings. The van der Waals surface area contributed by atoms with Crippen LogP contribution >= 0.6 is 0 Å². The van der Waals surface area contributed by atoms with Gasteiger partial charge in [0.1, 0.15) is 18.2 Å². The van der Waals surface area contributed by atoms with Crippen molar-refractivity contribution in [2.75, 3.05) is 6.61 Å². The van der Waals surface area contributed by atoms with Crippen LogP contribution in [0.4, 0.5) is 0 Å². The molecule has 0 aliphatic heterocycles. The topological polar surface area (TPSA) is 81.9 Å². The summed E-state index contributed by atoms with van der Waals surface area (Å²) in [6.07, 6.45) is 4.73. The highest BCUT2D eigenvalue weighted by Crippen LogP contribution is 2.18. The van der Waals surface area contributed by atoms with E-state index in [0.29, 0.717) is 18.1 Å². The third kappa shape index (κ3) is 3.82. The zero-order chi connectivity index (χ0) is 17.6. The first-order valence-electron chi connectivity index (χ1n) is 8.02. The van der Waals surface area contributed by atoms with Gasteiger partial charge in [-0.2, -0.15) is 5.10 Å². The fourth-order valence-electron chi connectivity index (χ4n) is 2.43. The summed E-state index contributed by atoms with van der Waals surface area (Å²) in [5.74, 6) is 0.126. The first-order valence-corrected chi connectivity index (χ1v) is 8.02. The molecule has 0 bridgehead atoms. The monoisotopic (exact) mass is 337 g/mol. The van der Waals surface area contributed by atoms with E-state index in [4.69, 9.17) is 4.74 Å². The van der Waals surface area contributed by atoms with Crippen molar-refractivity contribution in [2.24, 2.45) is 0 Å². The smallest absolute Gasteiger partial charge is 0.257 e. The maximum atomic E-state index is 12.5. The Hall–Kier alpha value is -3.22. The van der Waals surface area contributed by atoms with Crippen LogP contribution in [0, 0.1) is 0 Å². The van der Waals surface area contributed by atoms with E-state index in [-0.39, 0.29) is 11.9 Å². The molecule has 0 unspecified atom stereocenters. The molecular weight excluding hydrogens is 318 g/mol. The SMILES string of the molecule is CCOc1ncccc1C(=O)N[C@H](C)c1ccc(-n2cncn2)cc1. The number of nitrogens with zero attached hydrogens (tertiary/aromatic N) is 4. The van der Waals surface area contributed by atoms with Crippen LogP contribution in [0.2, 0.25) is 0 Å². The molecule has 2 heterocycles. The van der Waals surface area contributed by atoms with Crippen molar-refractivity contribution in [3.05, 3.63) is 66.4 Å². The molecule has 128 valence electrons. The number of pyridine rings is 1. The van der Waals surface area contributed by atoms with Crippen molar-refractivity contribution in [2.45, 2.75) is 19.9 Å². The van der Waals surface area contributed by atoms with Gasteiger partial charge in [0, 0.05) is 6.20 Å². The minimum atomic E-state index is -0.218. The quantitative estimate of drug-likeness (QED) is 0.747. The Morgan fingerprint density at radius 1 is 1.28 bits per heavy atom. The summed E-state index contributed by atoms with van der Waals surface area (Å²) in [6.45, 7) is 4.24. The second-order valence-corrected chi connectivity index (χ2v) is 5.42. The van der Waals surface area contributed by atoms with Crippen LogP contribution in [-0.4, -0.2) is 32.3 Å². The standard InChI is InChI=1S/C18H19N5O2/c1-3-25-18-16(5-4-10-20-18)17(24)22-13(2)14-6-8-15(9-7-14)23-12-19-11-21-23/h4-13H,3H2,1-2H3,(H,22,24)/t13-/m1/s1. The first kappa shape index (κ1) is 16.6. The van der Waals surface area contributed by atoms with Crippen LogP contribution in [-0.2, 0) is 0 Å². The van der Waals surface area contributed by atoms with E-state index in [1.165, 1.54) is 6.33 Å². The molecule has 1 N–H and O–H groups in total. The summed E-state index contributed by atoms with van der Waals surface area (Å²) in [7, 11) is 0. The highest BCUT2D eigenvalue weighted by Gasteiger charge is 2.16. The number of hydrogen-bond donors (Lipinski definition) is 1. The van der Waals surface area contributed by atoms with Gasteiger partial charge in [-0.1, -0.05) is 12.1 Å². The van der Waals surface area contributed by atoms with Crippen molar-refractivity contribution >= 4 is 5.91 Å². The van der Waals surface area contributed by atoms with Gasteiger partial charge in [0.25, 0.3) is 5.91 Å². The first-order chi connectivity index (χ1) is 12.2. The Morgan fingerprint density at radius 3 is 2.76 bits per heavy atom. The number of carbonyl (C=O) groups excluding carboxylic acids is 1. The van der Waals surface area contributed by atoms with E-state index >= 15 is 0 Å². The van der Waals surface area contributed by atoms with Crippen LogP contribution < -0.4 is 10.1 Å². The average Bonchev–Trinajstić information content (AvgIpc) is 3.17. The zero-order valence-electron chi connectivity index (χ0n) is 14.1. The molecule has 1 amide bonds. The highest BCUT2D eigenvalue weighted by atomic mass is 16.5. The summed E-state index contributed by atoms with van der Waals surface area (Å²) in [5.41, 5.74) is 2.32. The summed E-state index contributed by atoms with van der Waals surface area (Å²) < 4.78 is 7.09. The number of benzene rings is 1. The molecule has 25 heavy (non-hydrogen) atoms. The molecule has 1 atom stereocenters. The highest BCUT2D eigenvalue weighted by molar-refractivity contribution is 5.96. The number of amides is 1. The number of hydrogen-bond acceptors (Lipinski definition) is 5. The predicted molar refractivity (Wildman–Crippen MR) is 92.6 cm³/mol. The molecule has 3 aromatic rings. The number of nitrogens with one attached hydrogen (secondary N) is 1. The maximum absolute atomic E-state index is 12.5. The molecule has 0 radical (unpaired) electrons. The number of ether oxygens (including phenoxy) is 1. The minimum absolute atomic E-state index is 0.160. The van der Waals surface area contributed by atoms with E-state index in [2.05, 4.69) is 20.4 Å². The Bertz CT molecular complexity index is 831. The van der Waals surface area contributed by atoms with Gasteiger partial charge < -0.3 is 10.1 Å². The number of aromatic nitrogens is 4. The van der Waals surface area contributed by atoms with Gasteiger partial charge in [-0.15, -0.1) is 0 Å². The molecule has 0 saturated heterocycles. The van der Waals surface area contributed by atoms with Crippen LogP contribution in [0.5, 0.6) is 5.88 Å². The molecule has 2 aromatic heterocycles. The maximum Gasteiger partial charge on any atom is 0.257 e. The predicted octanol–water partition coefficient (Wildman–Crippen LogP) is 2.55. The summed E-state index contributed by atoms with van der Waals surface area (Å²) in [4.78, 5) is 20.6. The lowest BCUT2D eigenvalue weighted by Crippen LogP contribution is -2.27. The van der Waals surface area contributed by atoms with Crippen molar-refractivity contribution < 1.29 is 9.53 Å². The van der Waals surface area contributed by atoms with Crippen molar-refractivity contribution in [3.63, 3.8) is 0 Å². The molecule has 0 aliphatic rings. The Kier molecular flexibility index (Phi) is 5.03. The molecule has 7 heteroatoms. The Labute approximate surface area is 145 Å². The summed E-state index contributed by atoms with van der Waals surface area (Å²) in [5, 5.41) is 7.06. The van der Waals surface area contributed by atoms with Crippen LogP contribution in [0.15, 0.2) is 55.2 Å². The number of rotatable bonds is 6. The second kappa shape index (κ2) is 7.57. The lowest BCUT2D eigenvalue weighted by molar-refractivity contribution is 0.0935.